The van der Waals surface area contributed by atoms with Crippen molar-refractivity contribution in [1.29, 1.82) is 0 Å². The van der Waals surface area contributed by atoms with E-state index in [2.05, 4.69) is 15.6 Å². The molecule has 2 heterocycles. The van der Waals surface area contributed by atoms with Crippen LogP contribution in [0.5, 0.6) is 5.75 Å². The zero-order chi connectivity index (χ0) is 16.2. The summed E-state index contributed by atoms with van der Waals surface area (Å²) >= 11 is 0. The van der Waals surface area contributed by atoms with Gasteiger partial charge in [0.05, 0.1) is 25.5 Å². The molecule has 0 saturated heterocycles. The van der Waals surface area contributed by atoms with Crippen LogP contribution in [0.3, 0.4) is 0 Å². The Balaban J connectivity index is 1.77. The molecule has 7 nitrogen and oxygen atoms in total. The lowest BCUT2D eigenvalue weighted by Crippen LogP contribution is -2.26. The molecule has 0 spiro atoms. The molecule has 3 aromatic rings. The SMILES string of the molecule is COc1ccccc1-n1cc([C@H](C)NC(=O)c2ccno2)cn1. The average Bonchev–Trinajstić information content (AvgIpc) is 3.26. The highest BCUT2D eigenvalue weighted by Gasteiger charge is 2.16. The van der Waals surface area contributed by atoms with Gasteiger partial charge >= 0.3 is 0 Å². The number of nitrogens with one attached hydrogen (secondary N) is 1. The lowest BCUT2D eigenvalue weighted by Gasteiger charge is -2.10. The maximum atomic E-state index is 12.0. The molecule has 1 amide bonds. The molecule has 2 aromatic heterocycles. The Bertz CT molecular complexity index is 795. The third kappa shape index (κ3) is 3.08. The summed E-state index contributed by atoms with van der Waals surface area (Å²) in [6.45, 7) is 1.87. The number of aromatic nitrogens is 3. The van der Waals surface area contributed by atoms with Gasteiger partial charge in [0.1, 0.15) is 11.4 Å². The van der Waals surface area contributed by atoms with E-state index in [9.17, 15) is 4.79 Å². The highest BCUT2D eigenvalue weighted by atomic mass is 16.5. The second-order valence-electron chi connectivity index (χ2n) is 4.96. The summed E-state index contributed by atoms with van der Waals surface area (Å²) in [6, 6.07) is 8.87. The van der Waals surface area contributed by atoms with Gasteiger partial charge in [0.15, 0.2) is 0 Å². The Morgan fingerprint density at radius 2 is 2.17 bits per heavy atom. The fourth-order valence-electron chi connectivity index (χ4n) is 2.20. The minimum atomic E-state index is -0.319. The number of amides is 1. The molecule has 1 atom stereocenters. The lowest BCUT2D eigenvalue weighted by molar-refractivity contribution is 0.0902. The van der Waals surface area contributed by atoms with E-state index < -0.39 is 0 Å². The van der Waals surface area contributed by atoms with Crippen LogP contribution in [0.25, 0.3) is 5.69 Å². The van der Waals surface area contributed by atoms with Crippen molar-refractivity contribution in [3.8, 4) is 11.4 Å². The third-order valence-corrected chi connectivity index (χ3v) is 3.44. The van der Waals surface area contributed by atoms with Crippen LogP contribution >= 0.6 is 0 Å². The van der Waals surface area contributed by atoms with E-state index in [1.807, 2.05) is 37.4 Å². The Kier molecular flexibility index (Phi) is 4.09. The van der Waals surface area contributed by atoms with Crippen LogP contribution in [0.4, 0.5) is 0 Å². The van der Waals surface area contributed by atoms with Crippen LogP contribution in [0.1, 0.15) is 29.1 Å². The summed E-state index contributed by atoms with van der Waals surface area (Å²) < 4.78 is 11.9. The van der Waals surface area contributed by atoms with Gasteiger partial charge in [-0.3, -0.25) is 4.79 Å². The van der Waals surface area contributed by atoms with Crippen molar-refractivity contribution in [2.75, 3.05) is 7.11 Å². The molecule has 0 aliphatic carbocycles. The molecule has 1 aromatic carbocycles. The molecule has 1 N–H and O–H groups in total. The first kappa shape index (κ1) is 14.8. The number of para-hydroxylation sites is 2. The maximum Gasteiger partial charge on any atom is 0.290 e. The molecule has 0 saturated carbocycles. The summed E-state index contributed by atoms with van der Waals surface area (Å²) in [5.74, 6) is 0.578. The summed E-state index contributed by atoms with van der Waals surface area (Å²) in [6.07, 6.45) is 4.99. The number of methoxy groups -OCH3 is 1. The Morgan fingerprint density at radius 1 is 1.35 bits per heavy atom. The van der Waals surface area contributed by atoms with Crippen LogP contribution in [0.15, 0.2) is 53.4 Å². The fraction of sp³-hybridized carbons (Fsp3) is 0.188. The first-order chi connectivity index (χ1) is 11.2. The molecule has 0 unspecified atom stereocenters. The number of hydrogen-bond donors (Lipinski definition) is 1. The number of rotatable bonds is 5. The topological polar surface area (TPSA) is 82.2 Å². The molecular formula is C16H16N4O3. The van der Waals surface area contributed by atoms with E-state index in [0.29, 0.717) is 0 Å². The van der Waals surface area contributed by atoms with Gasteiger partial charge in [-0.2, -0.15) is 5.10 Å². The van der Waals surface area contributed by atoms with Crippen molar-refractivity contribution in [1.82, 2.24) is 20.3 Å². The molecule has 23 heavy (non-hydrogen) atoms. The Hall–Kier alpha value is -3.09. The smallest absolute Gasteiger partial charge is 0.290 e. The first-order valence-electron chi connectivity index (χ1n) is 7.08. The number of benzene rings is 1. The van der Waals surface area contributed by atoms with Crippen LogP contribution in [-0.4, -0.2) is 28.0 Å². The van der Waals surface area contributed by atoms with Crippen LogP contribution in [0, 0.1) is 0 Å². The van der Waals surface area contributed by atoms with E-state index in [4.69, 9.17) is 9.26 Å². The third-order valence-electron chi connectivity index (χ3n) is 3.44. The molecule has 0 aliphatic heterocycles. The predicted octanol–water partition coefficient (Wildman–Crippen LogP) is 2.36. The van der Waals surface area contributed by atoms with Gasteiger partial charge in [0.25, 0.3) is 5.91 Å². The van der Waals surface area contributed by atoms with Crippen molar-refractivity contribution in [2.24, 2.45) is 0 Å². The minimum absolute atomic E-state index is 0.175. The summed E-state index contributed by atoms with van der Waals surface area (Å²) in [4.78, 5) is 12.0. The second-order valence-corrected chi connectivity index (χ2v) is 4.96. The van der Waals surface area contributed by atoms with Crippen LogP contribution in [0.2, 0.25) is 0 Å². The largest absolute Gasteiger partial charge is 0.494 e. The van der Waals surface area contributed by atoms with Crippen molar-refractivity contribution in [3.05, 3.63) is 60.2 Å². The van der Waals surface area contributed by atoms with Gasteiger partial charge in [-0.15, -0.1) is 0 Å². The van der Waals surface area contributed by atoms with E-state index in [-0.39, 0.29) is 17.7 Å². The first-order valence-corrected chi connectivity index (χ1v) is 7.08. The number of carbonyl (C=O) groups is 1. The van der Waals surface area contributed by atoms with Gasteiger partial charge in [-0.1, -0.05) is 17.3 Å². The monoisotopic (exact) mass is 312 g/mol. The van der Waals surface area contributed by atoms with Gasteiger partial charge in [-0.05, 0) is 19.1 Å². The van der Waals surface area contributed by atoms with Gasteiger partial charge < -0.3 is 14.6 Å². The normalized spacial score (nSPS) is 11.9. The standard InChI is InChI=1S/C16H16N4O3/c1-11(19-16(21)15-7-8-18-23-15)12-9-17-20(10-12)13-5-3-4-6-14(13)22-2/h3-11H,1-2H3,(H,19,21)/t11-/m0/s1. The van der Waals surface area contributed by atoms with E-state index in [0.717, 1.165) is 17.0 Å². The number of ether oxygens (including phenoxy) is 1. The number of carbonyl (C=O) groups excluding carboxylic acids is 1. The van der Waals surface area contributed by atoms with Crippen LogP contribution in [-0.2, 0) is 0 Å². The average molecular weight is 312 g/mol. The van der Waals surface area contributed by atoms with Gasteiger partial charge in [-0.25, -0.2) is 4.68 Å². The number of hydrogen-bond acceptors (Lipinski definition) is 5. The molecule has 0 radical (unpaired) electrons. The van der Waals surface area contributed by atoms with E-state index in [1.54, 1.807) is 18.0 Å². The highest BCUT2D eigenvalue weighted by molar-refractivity contribution is 5.91. The summed E-state index contributed by atoms with van der Waals surface area (Å²) in [5.41, 5.74) is 1.69. The van der Waals surface area contributed by atoms with Gasteiger partial charge in [0.2, 0.25) is 5.76 Å². The van der Waals surface area contributed by atoms with Crippen molar-refractivity contribution >= 4 is 5.91 Å². The molecule has 0 bridgehead atoms. The van der Waals surface area contributed by atoms with Crippen molar-refractivity contribution in [2.45, 2.75) is 13.0 Å². The minimum Gasteiger partial charge on any atom is -0.494 e. The zero-order valence-electron chi connectivity index (χ0n) is 12.8. The maximum absolute atomic E-state index is 12.0. The summed E-state index contributed by atoms with van der Waals surface area (Å²) in [7, 11) is 1.61. The predicted molar refractivity (Wildman–Crippen MR) is 82.5 cm³/mol. The Labute approximate surface area is 132 Å². The molecule has 7 heteroatoms. The van der Waals surface area contributed by atoms with E-state index in [1.165, 1.54) is 12.3 Å². The van der Waals surface area contributed by atoms with Crippen molar-refractivity contribution < 1.29 is 14.1 Å². The summed E-state index contributed by atoms with van der Waals surface area (Å²) in [5, 5.41) is 10.7. The fourth-order valence-corrected chi connectivity index (χ4v) is 2.20. The second kappa shape index (κ2) is 6.35. The molecule has 3 rings (SSSR count). The van der Waals surface area contributed by atoms with Gasteiger partial charge in [0, 0.05) is 17.8 Å². The zero-order valence-corrected chi connectivity index (χ0v) is 12.8. The Morgan fingerprint density at radius 3 is 2.91 bits per heavy atom. The molecule has 0 fully saturated rings. The van der Waals surface area contributed by atoms with E-state index >= 15 is 0 Å². The van der Waals surface area contributed by atoms with Crippen molar-refractivity contribution in [3.63, 3.8) is 0 Å². The quantitative estimate of drug-likeness (QED) is 0.782. The molecular weight excluding hydrogens is 296 g/mol. The lowest BCUT2D eigenvalue weighted by atomic mass is 10.2. The van der Waals surface area contributed by atoms with Crippen LogP contribution < -0.4 is 10.1 Å². The highest BCUT2D eigenvalue weighted by Crippen LogP contribution is 2.23. The molecule has 118 valence electrons. The molecule has 0 aliphatic rings. The number of nitrogens with zero attached hydrogens (tertiary/aromatic N) is 3.